The fourth-order valence-electron chi connectivity index (χ4n) is 3.34. The van der Waals surface area contributed by atoms with Gasteiger partial charge in [-0.15, -0.1) is 10.2 Å². The maximum Gasteiger partial charge on any atom is 0.318 e. The van der Waals surface area contributed by atoms with Gasteiger partial charge in [-0.1, -0.05) is 42.5 Å². The average molecular weight is 383 g/mol. The summed E-state index contributed by atoms with van der Waals surface area (Å²) in [5, 5.41) is 11.2. The van der Waals surface area contributed by atoms with Crippen molar-refractivity contribution >= 4 is 12.1 Å². The maximum atomic E-state index is 12.6. The SMILES string of the molecule is CC(C)n1cnnc1[C@H](C)NC(=O)N1CCN(C/C=C/c2ccccc2)CC1. The van der Waals surface area contributed by atoms with Gasteiger partial charge in [-0.2, -0.15) is 0 Å². The Morgan fingerprint density at radius 2 is 1.86 bits per heavy atom. The normalized spacial score (nSPS) is 16.6. The lowest BCUT2D eigenvalue weighted by Gasteiger charge is -2.34. The fraction of sp³-hybridized carbons (Fsp3) is 0.476. The Hall–Kier alpha value is -2.67. The van der Waals surface area contributed by atoms with Crippen LogP contribution in [0.4, 0.5) is 4.79 Å². The van der Waals surface area contributed by atoms with E-state index >= 15 is 0 Å². The highest BCUT2D eigenvalue weighted by Crippen LogP contribution is 2.15. The molecule has 1 aliphatic rings. The monoisotopic (exact) mass is 382 g/mol. The third-order valence-electron chi connectivity index (χ3n) is 5.02. The third kappa shape index (κ3) is 5.19. The number of piperazine rings is 1. The number of carbonyl (C=O) groups is 1. The molecule has 28 heavy (non-hydrogen) atoms. The number of nitrogens with one attached hydrogen (secondary N) is 1. The Labute approximate surface area is 167 Å². The molecule has 0 unspecified atom stereocenters. The van der Waals surface area contributed by atoms with Crippen molar-refractivity contribution in [3.05, 3.63) is 54.1 Å². The van der Waals surface area contributed by atoms with Crippen LogP contribution in [0.15, 0.2) is 42.7 Å². The number of nitrogens with zero attached hydrogens (tertiary/aromatic N) is 5. The molecule has 2 amide bonds. The highest BCUT2D eigenvalue weighted by molar-refractivity contribution is 5.74. The van der Waals surface area contributed by atoms with Crippen LogP contribution >= 0.6 is 0 Å². The smallest absolute Gasteiger partial charge is 0.318 e. The van der Waals surface area contributed by atoms with Crippen molar-refractivity contribution in [1.82, 2.24) is 29.9 Å². The van der Waals surface area contributed by atoms with Crippen LogP contribution in [-0.4, -0.2) is 63.3 Å². The minimum atomic E-state index is -0.177. The molecule has 7 heteroatoms. The van der Waals surface area contributed by atoms with E-state index < -0.39 is 0 Å². The van der Waals surface area contributed by atoms with Crippen LogP contribution < -0.4 is 5.32 Å². The molecule has 2 heterocycles. The molecule has 7 nitrogen and oxygen atoms in total. The van der Waals surface area contributed by atoms with Crippen LogP contribution in [-0.2, 0) is 0 Å². The van der Waals surface area contributed by atoms with Crippen LogP contribution in [0.2, 0.25) is 0 Å². The molecule has 0 radical (unpaired) electrons. The molecule has 1 atom stereocenters. The Kier molecular flexibility index (Phi) is 6.81. The highest BCUT2D eigenvalue weighted by atomic mass is 16.2. The van der Waals surface area contributed by atoms with Crippen molar-refractivity contribution in [2.75, 3.05) is 32.7 Å². The van der Waals surface area contributed by atoms with E-state index in [0.29, 0.717) is 0 Å². The zero-order valence-electron chi connectivity index (χ0n) is 17.0. The molecule has 150 valence electrons. The molecule has 1 fully saturated rings. The molecule has 0 saturated carbocycles. The minimum absolute atomic E-state index is 0.0368. The van der Waals surface area contributed by atoms with Gasteiger partial charge in [0.1, 0.15) is 6.33 Å². The van der Waals surface area contributed by atoms with Crippen LogP contribution in [0.3, 0.4) is 0 Å². The van der Waals surface area contributed by atoms with E-state index in [9.17, 15) is 4.79 Å². The topological polar surface area (TPSA) is 66.3 Å². The Morgan fingerprint density at radius 3 is 2.54 bits per heavy atom. The summed E-state index contributed by atoms with van der Waals surface area (Å²) in [4.78, 5) is 16.9. The van der Waals surface area contributed by atoms with Crippen LogP contribution in [0, 0.1) is 0 Å². The molecule has 1 N–H and O–H groups in total. The number of benzene rings is 1. The molecule has 1 saturated heterocycles. The summed E-state index contributed by atoms with van der Waals surface area (Å²) in [6, 6.07) is 10.4. The van der Waals surface area contributed by atoms with Crippen molar-refractivity contribution in [2.45, 2.75) is 32.9 Å². The lowest BCUT2D eigenvalue weighted by molar-refractivity contribution is 0.144. The quantitative estimate of drug-likeness (QED) is 0.834. The van der Waals surface area contributed by atoms with E-state index in [-0.39, 0.29) is 18.1 Å². The van der Waals surface area contributed by atoms with Crippen molar-refractivity contribution < 1.29 is 4.79 Å². The van der Waals surface area contributed by atoms with E-state index in [0.717, 1.165) is 38.5 Å². The zero-order chi connectivity index (χ0) is 19.9. The van der Waals surface area contributed by atoms with Crippen LogP contribution in [0.5, 0.6) is 0 Å². The summed E-state index contributed by atoms with van der Waals surface area (Å²) in [6.45, 7) is 10.2. The number of hydrogen-bond acceptors (Lipinski definition) is 4. The van der Waals surface area contributed by atoms with Gasteiger partial charge in [0.25, 0.3) is 0 Å². The highest BCUT2D eigenvalue weighted by Gasteiger charge is 2.23. The second-order valence-electron chi connectivity index (χ2n) is 7.46. The van der Waals surface area contributed by atoms with Crippen molar-refractivity contribution in [3.63, 3.8) is 0 Å². The van der Waals surface area contributed by atoms with Gasteiger partial charge in [0.05, 0.1) is 6.04 Å². The Bertz CT molecular complexity index is 777. The molecule has 1 aliphatic heterocycles. The molecule has 0 aliphatic carbocycles. The van der Waals surface area contributed by atoms with Gasteiger partial charge in [0.2, 0.25) is 0 Å². The molecule has 0 spiro atoms. The van der Waals surface area contributed by atoms with E-state index in [2.05, 4.69) is 58.5 Å². The fourth-order valence-corrected chi connectivity index (χ4v) is 3.34. The predicted molar refractivity (Wildman–Crippen MR) is 111 cm³/mol. The number of rotatable bonds is 6. The molecule has 1 aromatic heterocycles. The van der Waals surface area contributed by atoms with E-state index in [1.54, 1.807) is 6.33 Å². The lowest BCUT2D eigenvalue weighted by Crippen LogP contribution is -2.52. The van der Waals surface area contributed by atoms with Crippen LogP contribution in [0.25, 0.3) is 6.08 Å². The molecule has 3 rings (SSSR count). The summed E-state index contributed by atoms with van der Waals surface area (Å²) in [5.74, 6) is 0.785. The largest absolute Gasteiger partial charge is 0.328 e. The molecule has 2 aromatic rings. The first-order valence-corrected chi connectivity index (χ1v) is 9.93. The zero-order valence-corrected chi connectivity index (χ0v) is 17.0. The van der Waals surface area contributed by atoms with E-state index in [1.165, 1.54) is 5.56 Å². The number of aromatic nitrogens is 3. The first-order valence-electron chi connectivity index (χ1n) is 9.93. The van der Waals surface area contributed by atoms with Gasteiger partial charge in [-0.3, -0.25) is 4.90 Å². The van der Waals surface area contributed by atoms with E-state index in [4.69, 9.17) is 0 Å². The summed E-state index contributed by atoms with van der Waals surface area (Å²) in [7, 11) is 0. The molecule has 1 aromatic carbocycles. The Morgan fingerprint density at radius 1 is 1.14 bits per heavy atom. The van der Waals surface area contributed by atoms with Crippen LogP contribution in [0.1, 0.15) is 44.2 Å². The maximum absolute atomic E-state index is 12.6. The molecular weight excluding hydrogens is 352 g/mol. The van der Waals surface area contributed by atoms with E-state index in [1.807, 2.05) is 34.6 Å². The first-order chi connectivity index (χ1) is 13.5. The number of hydrogen-bond donors (Lipinski definition) is 1. The summed E-state index contributed by atoms with van der Waals surface area (Å²) in [5.41, 5.74) is 1.21. The predicted octanol–water partition coefficient (Wildman–Crippen LogP) is 2.96. The van der Waals surface area contributed by atoms with Gasteiger partial charge >= 0.3 is 6.03 Å². The third-order valence-corrected chi connectivity index (χ3v) is 5.02. The number of urea groups is 1. The van der Waals surface area contributed by atoms with Gasteiger partial charge < -0.3 is 14.8 Å². The first kappa shape index (κ1) is 20.1. The molecule has 0 bridgehead atoms. The summed E-state index contributed by atoms with van der Waals surface area (Å²) >= 11 is 0. The summed E-state index contributed by atoms with van der Waals surface area (Å²) < 4.78 is 1.99. The standard InChI is InChI=1S/C21H30N6O/c1-17(2)27-16-22-24-20(27)18(3)23-21(28)26-14-12-25(13-15-26)11-7-10-19-8-5-4-6-9-19/h4-10,16-18H,11-15H2,1-3H3,(H,23,28)/b10-7+/t18-/m0/s1. The van der Waals surface area contributed by atoms with Gasteiger partial charge in [0.15, 0.2) is 5.82 Å². The Balaban J connectivity index is 1.44. The number of amides is 2. The van der Waals surface area contributed by atoms with Gasteiger partial charge in [-0.25, -0.2) is 4.79 Å². The van der Waals surface area contributed by atoms with Crippen molar-refractivity contribution in [2.24, 2.45) is 0 Å². The second kappa shape index (κ2) is 9.50. The number of carbonyl (C=O) groups excluding carboxylic acids is 1. The van der Waals surface area contributed by atoms with Gasteiger partial charge in [0, 0.05) is 38.8 Å². The summed E-state index contributed by atoms with van der Waals surface area (Å²) in [6.07, 6.45) is 6.04. The second-order valence-corrected chi connectivity index (χ2v) is 7.46. The average Bonchev–Trinajstić information content (AvgIpc) is 3.20. The van der Waals surface area contributed by atoms with Gasteiger partial charge in [-0.05, 0) is 26.3 Å². The molecular formula is C21H30N6O. The van der Waals surface area contributed by atoms with Crippen molar-refractivity contribution in [1.29, 1.82) is 0 Å². The van der Waals surface area contributed by atoms with Crippen molar-refractivity contribution in [3.8, 4) is 0 Å². The minimum Gasteiger partial charge on any atom is -0.328 e. The lowest BCUT2D eigenvalue weighted by atomic mass is 10.2.